The van der Waals surface area contributed by atoms with Gasteiger partial charge in [0.2, 0.25) is 5.91 Å². The molecule has 118 valence electrons. The van der Waals surface area contributed by atoms with E-state index in [1.807, 2.05) is 31.2 Å². The zero-order chi connectivity index (χ0) is 15.1. The average Bonchev–Trinajstić information content (AvgIpc) is 2.39. The van der Waals surface area contributed by atoms with Crippen molar-refractivity contribution in [2.75, 3.05) is 18.4 Å². The number of rotatable bonds is 7. The monoisotopic (exact) mass is 426 g/mol. The minimum atomic E-state index is -0.924. The van der Waals surface area contributed by atoms with Gasteiger partial charge in [-0.15, -0.1) is 12.4 Å². The number of benzene rings is 1. The number of carboxylic acids is 1. The molecule has 0 aliphatic carbocycles. The number of halogens is 2. The summed E-state index contributed by atoms with van der Waals surface area (Å²) >= 11 is 2.19. The molecule has 1 amide bonds. The van der Waals surface area contributed by atoms with Gasteiger partial charge in [-0.2, -0.15) is 0 Å². The first kappa shape index (κ1) is 20.1. The van der Waals surface area contributed by atoms with Gasteiger partial charge >= 0.3 is 5.97 Å². The highest BCUT2D eigenvalue weighted by molar-refractivity contribution is 14.1. The van der Waals surface area contributed by atoms with Crippen LogP contribution >= 0.6 is 35.0 Å². The van der Waals surface area contributed by atoms with Crippen LogP contribution in [-0.4, -0.2) is 41.0 Å². The lowest BCUT2D eigenvalue weighted by atomic mass is 10.2. The van der Waals surface area contributed by atoms with Gasteiger partial charge in [0, 0.05) is 9.26 Å². The predicted molar refractivity (Wildman–Crippen MR) is 94.0 cm³/mol. The van der Waals surface area contributed by atoms with Crippen molar-refractivity contribution < 1.29 is 14.7 Å². The molecule has 1 rings (SSSR count). The van der Waals surface area contributed by atoms with Crippen LogP contribution in [0, 0.1) is 3.57 Å². The lowest BCUT2D eigenvalue weighted by molar-refractivity contribution is -0.139. The predicted octanol–water partition coefficient (Wildman–Crippen LogP) is 2.84. The average molecular weight is 427 g/mol. The zero-order valence-corrected chi connectivity index (χ0v) is 15.0. The fraction of sp³-hybridized carbons (Fsp3) is 0.429. The van der Waals surface area contributed by atoms with Crippen molar-refractivity contribution in [1.29, 1.82) is 0 Å². The maximum absolute atomic E-state index is 12.1. The van der Waals surface area contributed by atoms with Crippen LogP contribution < -0.4 is 5.32 Å². The Morgan fingerprint density at radius 3 is 2.38 bits per heavy atom. The SMILES string of the molecule is CCCN(CC(=O)O)C(C)C(=O)Nc1ccc(I)cc1.Cl. The maximum atomic E-state index is 12.1. The normalized spacial score (nSPS) is 11.6. The molecule has 0 heterocycles. The summed E-state index contributed by atoms with van der Waals surface area (Å²) in [5.74, 6) is -1.12. The van der Waals surface area contributed by atoms with Gasteiger partial charge in [0.05, 0.1) is 12.6 Å². The van der Waals surface area contributed by atoms with E-state index in [4.69, 9.17) is 5.11 Å². The third-order valence-corrected chi connectivity index (χ3v) is 3.61. The molecule has 0 radical (unpaired) electrons. The first-order valence-electron chi connectivity index (χ1n) is 6.46. The van der Waals surface area contributed by atoms with Crippen LogP contribution in [0.4, 0.5) is 5.69 Å². The second-order valence-corrected chi connectivity index (χ2v) is 5.78. The Kier molecular flexibility index (Phi) is 9.56. The summed E-state index contributed by atoms with van der Waals surface area (Å²) in [5.41, 5.74) is 0.717. The minimum Gasteiger partial charge on any atom is -0.480 e. The first-order valence-corrected chi connectivity index (χ1v) is 7.54. The van der Waals surface area contributed by atoms with Gasteiger partial charge in [-0.3, -0.25) is 14.5 Å². The van der Waals surface area contributed by atoms with E-state index >= 15 is 0 Å². The van der Waals surface area contributed by atoms with Crippen molar-refractivity contribution in [3.63, 3.8) is 0 Å². The van der Waals surface area contributed by atoms with Crippen molar-refractivity contribution in [1.82, 2.24) is 4.90 Å². The van der Waals surface area contributed by atoms with Crippen LogP contribution in [0.3, 0.4) is 0 Å². The summed E-state index contributed by atoms with van der Waals surface area (Å²) in [6.45, 7) is 4.13. The first-order chi connectivity index (χ1) is 9.43. The molecule has 21 heavy (non-hydrogen) atoms. The number of nitrogens with zero attached hydrogens (tertiary/aromatic N) is 1. The van der Waals surface area contributed by atoms with Gasteiger partial charge < -0.3 is 10.4 Å². The Labute approximate surface area is 144 Å². The Morgan fingerprint density at radius 2 is 1.90 bits per heavy atom. The number of amides is 1. The number of carboxylic acid groups (broad SMARTS) is 1. The summed E-state index contributed by atoms with van der Waals surface area (Å²) in [5, 5.41) is 11.7. The van der Waals surface area contributed by atoms with Crippen LogP contribution in [-0.2, 0) is 9.59 Å². The smallest absolute Gasteiger partial charge is 0.317 e. The van der Waals surface area contributed by atoms with Gasteiger partial charge in [0.25, 0.3) is 0 Å². The molecule has 0 bridgehead atoms. The summed E-state index contributed by atoms with van der Waals surface area (Å²) in [7, 11) is 0. The highest BCUT2D eigenvalue weighted by Crippen LogP contribution is 2.12. The van der Waals surface area contributed by atoms with E-state index < -0.39 is 12.0 Å². The van der Waals surface area contributed by atoms with Crippen LogP contribution in [0.5, 0.6) is 0 Å². The molecule has 0 aromatic heterocycles. The van der Waals surface area contributed by atoms with E-state index in [0.29, 0.717) is 12.2 Å². The minimum absolute atomic E-state index is 0. The number of carbonyl (C=O) groups excluding carboxylic acids is 1. The molecule has 0 fully saturated rings. The Hall–Kier alpha value is -0.860. The molecule has 1 unspecified atom stereocenters. The quantitative estimate of drug-likeness (QED) is 0.658. The summed E-state index contributed by atoms with van der Waals surface area (Å²) in [6.07, 6.45) is 0.800. The molecule has 0 saturated carbocycles. The molecule has 1 aromatic carbocycles. The van der Waals surface area contributed by atoms with Crippen LogP contribution in [0.1, 0.15) is 20.3 Å². The number of hydrogen-bond donors (Lipinski definition) is 2. The fourth-order valence-electron chi connectivity index (χ4n) is 1.82. The number of carbonyl (C=O) groups is 2. The topological polar surface area (TPSA) is 69.6 Å². The van der Waals surface area contributed by atoms with Gasteiger partial charge in [0.15, 0.2) is 0 Å². The molecule has 2 N–H and O–H groups in total. The molecule has 0 aliphatic heterocycles. The van der Waals surface area contributed by atoms with Crippen molar-refractivity contribution in [3.05, 3.63) is 27.8 Å². The fourth-order valence-corrected chi connectivity index (χ4v) is 2.18. The summed E-state index contributed by atoms with van der Waals surface area (Å²) < 4.78 is 1.09. The standard InChI is InChI=1S/C14H19IN2O3.ClH/c1-3-8-17(9-13(18)19)10(2)14(20)16-12-6-4-11(15)5-7-12;/h4-7,10H,3,8-9H2,1-2H3,(H,16,20)(H,18,19);1H. The largest absolute Gasteiger partial charge is 0.480 e. The Morgan fingerprint density at radius 1 is 1.33 bits per heavy atom. The number of anilines is 1. The molecule has 0 aliphatic rings. The lowest BCUT2D eigenvalue weighted by Gasteiger charge is -2.26. The van der Waals surface area contributed by atoms with Crippen molar-refractivity contribution >= 4 is 52.6 Å². The van der Waals surface area contributed by atoms with E-state index in [1.165, 1.54) is 0 Å². The van der Waals surface area contributed by atoms with Gasteiger partial charge in [-0.25, -0.2) is 0 Å². The van der Waals surface area contributed by atoms with Crippen LogP contribution in [0.25, 0.3) is 0 Å². The van der Waals surface area contributed by atoms with Gasteiger partial charge in [-0.1, -0.05) is 6.92 Å². The second-order valence-electron chi connectivity index (χ2n) is 4.54. The molecule has 7 heteroatoms. The van der Waals surface area contributed by atoms with Crippen LogP contribution in [0.15, 0.2) is 24.3 Å². The Bertz CT molecular complexity index is 468. The van der Waals surface area contributed by atoms with E-state index in [1.54, 1.807) is 11.8 Å². The third-order valence-electron chi connectivity index (χ3n) is 2.89. The molecular weight excluding hydrogens is 407 g/mol. The number of nitrogens with one attached hydrogen (secondary N) is 1. The van der Waals surface area contributed by atoms with Crippen molar-refractivity contribution in [2.24, 2.45) is 0 Å². The van der Waals surface area contributed by atoms with Crippen molar-refractivity contribution in [3.8, 4) is 0 Å². The van der Waals surface area contributed by atoms with E-state index in [0.717, 1.165) is 9.99 Å². The van der Waals surface area contributed by atoms with E-state index in [-0.39, 0.29) is 24.9 Å². The van der Waals surface area contributed by atoms with E-state index in [9.17, 15) is 9.59 Å². The van der Waals surface area contributed by atoms with Gasteiger partial charge in [0.1, 0.15) is 0 Å². The summed E-state index contributed by atoms with van der Waals surface area (Å²) in [6, 6.07) is 6.98. The van der Waals surface area contributed by atoms with Crippen LogP contribution in [0.2, 0.25) is 0 Å². The maximum Gasteiger partial charge on any atom is 0.317 e. The Balaban J connectivity index is 0.00000400. The van der Waals surface area contributed by atoms with Gasteiger partial charge in [-0.05, 0) is 66.7 Å². The third kappa shape index (κ3) is 7.10. The molecule has 1 aromatic rings. The highest BCUT2D eigenvalue weighted by Gasteiger charge is 2.22. The number of aliphatic carboxylic acids is 1. The molecule has 1 atom stereocenters. The zero-order valence-electron chi connectivity index (χ0n) is 12.0. The number of hydrogen-bond acceptors (Lipinski definition) is 3. The molecule has 5 nitrogen and oxygen atoms in total. The lowest BCUT2D eigenvalue weighted by Crippen LogP contribution is -2.44. The summed E-state index contributed by atoms with van der Waals surface area (Å²) in [4.78, 5) is 24.6. The molecule has 0 spiro atoms. The molecular formula is C14H20ClIN2O3. The molecule has 0 saturated heterocycles. The second kappa shape index (κ2) is 9.97. The van der Waals surface area contributed by atoms with E-state index in [2.05, 4.69) is 27.9 Å². The van der Waals surface area contributed by atoms with Crippen molar-refractivity contribution in [2.45, 2.75) is 26.3 Å². The highest BCUT2D eigenvalue weighted by atomic mass is 127.